The summed E-state index contributed by atoms with van der Waals surface area (Å²) in [5, 5.41) is 8.85. The monoisotopic (exact) mass is 284 g/mol. The average Bonchev–Trinajstić information content (AvgIpc) is 2.35. The summed E-state index contributed by atoms with van der Waals surface area (Å²) in [5.41, 5.74) is 0.258. The molecule has 0 aliphatic heterocycles. The number of nitrogens with one attached hydrogen (secondary N) is 1. The van der Waals surface area contributed by atoms with Crippen LogP contribution in [-0.2, 0) is 10.0 Å². The van der Waals surface area contributed by atoms with Crippen molar-refractivity contribution in [3.8, 4) is 6.07 Å². The third-order valence-electron chi connectivity index (χ3n) is 2.19. The van der Waals surface area contributed by atoms with Gasteiger partial charge in [-0.1, -0.05) is 23.8 Å². The number of hydrogen-bond acceptors (Lipinski definition) is 3. The van der Waals surface area contributed by atoms with Crippen LogP contribution in [0.2, 0.25) is 5.02 Å². The molecule has 0 aliphatic carbocycles. The maximum absolute atomic E-state index is 12.0. The van der Waals surface area contributed by atoms with Gasteiger partial charge in [-0.15, -0.1) is 0 Å². The molecule has 0 amide bonds. The van der Waals surface area contributed by atoms with Crippen LogP contribution in [0.1, 0.15) is 18.9 Å². The van der Waals surface area contributed by atoms with Crippen LogP contribution in [0, 0.1) is 11.3 Å². The Hall–Kier alpha value is -1.35. The maximum Gasteiger partial charge on any atom is 0.242 e. The van der Waals surface area contributed by atoms with Crippen molar-refractivity contribution in [3.05, 3.63) is 40.9 Å². The zero-order chi connectivity index (χ0) is 13.6. The Bertz CT molecular complexity index is 589. The lowest BCUT2D eigenvalue weighted by atomic mass is 10.2. The van der Waals surface area contributed by atoms with Crippen molar-refractivity contribution in [2.75, 3.05) is 6.54 Å². The number of sulfonamides is 1. The van der Waals surface area contributed by atoms with E-state index in [2.05, 4.69) is 4.72 Å². The van der Waals surface area contributed by atoms with Gasteiger partial charge in [-0.2, -0.15) is 5.26 Å². The second-order valence-electron chi connectivity index (χ2n) is 3.51. The molecule has 0 fully saturated rings. The van der Waals surface area contributed by atoms with E-state index >= 15 is 0 Å². The molecule has 0 unspecified atom stereocenters. The van der Waals surface area contributed by atoms with E-state index in [0.717, 1.165) is 0 Å². The van der Waals surface area contributed by atoms with Gasteiger partial charge in [0, 0.05) is 6.54 Å². The molecule has 1 rings (SSSR count). The fourth-order valence-corrected chi connectivity index (χ4v) is 2.87. The van der Waals surface area contributed by atoms with Crippen LogP contribution >= 0.6 is 11.6 Å². The lowest BCUT2D eigenvalue weighted by Gasteiger charge is -2.07. The molecule has 1 N–H and O–H groups in total. The first-order valence-electron chi connectivity index (χ1n) is 5.31. The van der Waals surface area contributed by atoms with E-state index in [-0.39, 0.29) is 15.5 Å². The minimum absolute atomic E-state index is 0.0660. The van der Waals surface area contributed by atoms with E-state index in [1.165, 1.54) is 18.2 Å². The van der Waals surface area contributed by atoms with Crippen LogP contribution in [0.25, 0.3) is 0 Å². The lowest BCUT2D eigenvalue weighted by molar-refractivity contribution is 0.582. The first-order chi connectivity index (χ1) is 8.51. The number of rotatable bonds is 5. The van der Waals surface area contributed by atoms with Crippen LogP contribution in [0.5, 0.6) is 0 Å². The number of nitriles is 1. The molecule has 0 atom stereocenters. The quantitative estimate of drug-likeness (QED) is 0.667. The summed E-state index contributed by atoms with van der Waals surface area (Å²) in [7, 11) is -3.67. The SMILES string of the molecule is C/C=C/CCNS(=O)(=O)c1cc(C#N)ccc1Cl. The molecule has 96 valence electrons. The van der Waals surface area contributed by atoms with Gasteiger partial charge in [0.25, 0.3) is 0 Å². The van der Waals surface area contributed by atoms with Gasteiger partial charge >= 0.3 is 0 Å². The summed E-state index contributed by atoms with van der Waals surface area (Å²) < 4.78 is 26.3. The van der Waals surface area contributed by atoms with E-state index in [4.69, 9.17) is 16.9 Å². The first kappa shape index (κ1) is 14.7. The summed E-state index contributed by atoms with van der Waals surface area (Å²) >= 11 is 5.84. The van der Waals surface area contributed by atoms with Crippen molar-refractivity contribution >= 4 is 21.6 Å². The highest BCUT2D eigenvalue weighted by Crippen LogP contribution is 2.22. The molecular formula is C12H13ClN2O2S. The Morgan fingerprint density at radius 3 is 2.83 bits per heavy atom. The van der Waals surface area contributed by atoms with Crippen molar-refractivity contribution in [2.45, 2.75) is 18.2 Å². The van der Waals surface area contributed by atoms with Crippen LogP contribution in [0.15, 0.2) is 35.2 Å². The van der Waals surface area contributed by atoms with Crippen molar-refractivity contribution in [1.29, 1.82) is 5.26 Å². The molecule has 0 saturated heterocycles. The van der Waals surface area contributed by atoms with Gasteiger partial charge in [0.2, 0.25) is 10.0 Å². The van der Waals surface area contributed by atoms with Gasteiger partial charge in [-0.25, -0.2) is 13.1 Å². The minimum atomic E-state index is -3.67. The Kier molecular flexibility index (Phi) is 5.35. The summed E-state index contributed by atoms with van der Waals surface area (Å²) in [6.07, 6.45) is 4.30. The summed E-state index contributed by atoms with van der Waals surface area (Å²) in [4.78, 5) is -0.0660. The largest absolute Gasteiger partial charge is 0.242 e. The van der Waals surface area contributed by atoms with Gasteiger partial charge in [-0.05, 0) is 31.5 Å². The normalized spacial score (nSPS) is 11.6. The standard InChI is InChI=1S/C12H13ClN2O2S/c1-2-3-4-7-15-18(16,17)12-8-10(9-14)5-6-11(12)13/h2-3,5-6,8,15H,4,7H2,1H3/b3-2+. The van der Waals surface area contributed by atoms with Crippen LogP contribution < -0.4 is 4.72 Å². The van der Waals surface area contributed by atoms with Crippen molar-refractivity contribution in [1.82, 2.24) is 4.72 Å². The zero-order valence-corrected chi connectivity index (χ0v) is 11.4. The molecule has 18 heavy (non-hydrogen) atoms. The smallest absolute Gasteiger partial charge is 0.211 e. The highest BCUT2D eigenvalue weighted by atomic mass is 35.5. The van der Waals surface area contributed by atoms with Crippen molar-refractivity contribution in [3.63, 3.8) is 0 Å². The van der Waals surface area contributed by atoms with Gasteiger partial charge in [-0.3, -0.25) is 0 Å². The Morgan fingerprint density at radius 2 is 2.22 bits per heavy atom. The first-order valence-corrected chi connectivity index (χ1v) is 7.18. The van der Waals surface area contributed by atoms with Gasteiger partial charge in [0.15, 0.2) is 0 Å². The molecule has 6 heteroatoms. The molecule has 0 bridgehead atoms. The van der Waals surface area contributed by atoms with E-state index in [9.17, 15) is 8.42 Å². The second-order valence-corrected chi connectivity index (χ2v) is 5.66. The molecular weight excluding hydrogens is 272 g/mol. The summed E-state index contributed by atoms with van der Waals surface area (Å²) in [6, 6.07) is 6.02. The molecule has 0 heterocycles. The zero-order valence-electron chi connectivity index (χ0n) is 9.85. The highest BCUT2D eigenvalue weighted by molar-refractivity contribution is 7.89. The van der Waals surface area contributed by atoms with E-state index in [0.29, 0.717) is 13.0 Å². The Labute approximate surface area is 112 Å². The third-order valence-corrected chi connectivity index (χ3v) is 4.13. The predicted molar refractivity (Wildman–Crippen MR) is 70.8 cm³/mol. The van der Waals surface area contributed by atoms with Crippen LogP contribution in [0.3, 0.4) is 0 Å². The molecule has 4 nitrogen and oxygen atoms in total. The van der Waals surface area contributed by atoms with Crippen LogP contribution in [0.4, 0.5) is 0 Å². The van der Waals surface area contributed by atoms with Gasteiger partial charge in [0.05, 0.1) is 16.7 Å². The Balaban J connectivity index is 2.94. The number of hydrogen-bond donors (Lipinski definition) is 1. The molecule has 0 radical (unpaired) electrons. The molecule has 0 aromatic heterocycles. The molecule has 0 aliphatic rings. The predicted octanol–water partition coefficient (Wildman–Crippen LogP) is 2.46. The van der Waals surface area contributed by atoms with Gasteiger partial charge in [0.1, 0.15) is 4.90 Å². The molecule has 1 aromatic rings. The highest BCUT2D eigenvalue weighted by Gasteiger charge is 2.17. The van der Waals surface area contributed by atoms with Gasteiger partial charge < -0.3 is 0 Å². The molecule has 0 saturated carbocycles. The van der Waals surface area contributed by atoms with Crippen molar-refractivity contribution < 1.29 is 8.42 Å². The third kappa shape index (κ3) is 3.84. The van der Waals surface area contributed by atoms with E-state index in [1.807, 2.05) is 25.1 Å². The number of halogens is 1. The fraction of sp³-hybridized carbons (Fsp3) is 0.250. The summed E-state index contributed by atoms with van der Waals surface area (Å²) in [5.74, 6) is 0. The second kappa shape index (κ2) is 6.55. The van der Waals surface area contributed by atoms with Crippen LogP contribution in [-0.4, -0.2) is 15.0 Å². The molecule has 1 aromatic carbocycles. The average molecular weight is 285 g/mol. The van der Waals surface area contributed by atoms with Crippen molar-refractivity contribution in [2.24, 2.45) is 0 Å². The number of allylic oxidation sites excluding steroid dienone is 1. The van der Waals surface area contributed by atoms with E-state index in [1.54, 1.807) is 0 Å². The van der Waals surface area contributed by atoms with E-state index < -0.39 is 10.0 Å². The lowest BCUT2D eigenvalue weighted by Crippen LogP contribution is -2.24. The summed E-state index contributed by atoms with van der Waals surface area (Å²) in [6.45, 7) is 2.15. The number of nitrogens with zero attached hydrogens (tertiary/aromatic N) is 1. The Morgan fingerprint density at radius 1 is 1.50 bits per heavy atom. The molecule has 0 spiro atoms. The minimum Gasteiger partial charge on any atom is -0.211 e. The fourth-order valence-electron chi connectivity index (χ4n) is 1.30. The topological polar surface area (TPSA) is 70.0 Å². The maximum atomic E-state index is 12.0. The number of benzene rings is 1.